The van der Waals surface area contributed by atoms with Gasteiger partial charge in [0.05, 0.1) is 13.5 Å². The number of carbonyl (C=O) groups is 1. The number of anilines is 1. The Bertz CT molecular complexity index is 654. The highest BCUT2D eigenvalue weighted by Crippen LogP contribution is 2.20. The highest BCUT2D eigenvalue weighted by Gasteiger charge is 2.13. The summed E-state index contributed by atoms with van der Waals surface area (Å²) in [5, 5.41) is 2.13. The van der Waals surface area contributed by atoms with Gasteiger partial charge in [-0.05, 0) is 29.8 Å². The predicted molar refractivity (Wildman–Crippen MR) is 71.6 cm³/mol. The predicted octanol–water partition coefficient (Wildman–Crippen LogP) is 3.29. The summed E-state index contributed by atoms with van der Waals surface area (Å²) >= 11 is 0. The van der Waals surface area contributed by atoms with Crippen molar-refractivity contribution in [2.45, 2.75) is 6.42 Å². The number of amides is 1. The Balaban J connectivity index is 2.10. The maximum atomic E-state index is 13.5. The molecule has 2 aromatic rings. The van der Waals surface area contributed by atoms with E-state index < -0.39 is 29.0 Å². The monoisotopic (exact) mass is 295 g/mol. The van der Waals surface area contributed by atoms with Crippen LogP contribution in [0.25, 0.3) is 0 Å². The summed E-state index contributed by atoms with van der Waals surface area (Å²) in [4.78, 5) is 11.8. The van der Waals surface area contributed by atoms with Gasteiger partial charge in [0.15, 0.2) is 11.6 Å². The maximum absolute atomic E-state index is 13.5. The fraction of sp³-hybridized carbons (Fsp3) is 0.133. The van der Waals surface area contributed by atoms with Gasteiger partial charge in [-0.2, -0.15) is 0 Å². The van der Waals surface area contributed by atoms with Gasteiger partial charge in [0, 0.05) is 0 Å². The molecule has 0 aliphatic carbocycles. The van der Waals surface area contributed by atoms with Crippen LogP contribution in [-0.2, 0) is 11.2 Å². The van der Waals surface area contributed by atoms with Crippen LogP contribution in [-0.4, -0.2) is 13.0 Å². The van der Waals surface area contributed by atoms with Gasteiger partial charge >= 0.3 is 0 Å². The number of rotatable bonds is 4. The van der Waals surface area contributed by atoms with Crippen LogP contribution >= 0.6 is 0 Å². The molecule has 0 atom stereocenters. The number of carbonyl (C=O) groups excluding carboxylic acids is 1. The number of methoxy groups -OCH3 is 1. The molecular weight excluding hydrogens is 283 g/mol. The lowest BCUT2D eigenvalue weighted by Gasteiger charge is -2.08. The van der Waals surface area contributed by atoms with Gasteiger partial charge in [-0.1, -0.05) is 12.1 Å². The first-order chi connectivity index (χ1) is 10.0. The van der Waals surface area contributed by atoms with Gasteiger partial charge < -0.3 is 10.1 Å². The van der Waals surface area contributed by atoms with Gasteiger partial charge in [0.2, 0.25) is 5.91 Å². The number of ether oxygens (including phenoxy) is 1. The molecule has 0 spiro atoms. The van der Waals surface area contributed by atoms with Gasteiger partial charge in [-0.25, -0.2) is 13.2 Å². The minimum atomic E-state index is -0.871. The van der Waals surface area contributed by atoms with Crippen molar-refractivity contribution >= 4 is 11.6 Å². The molecule has 2 aromatic carbocycles. The second-order valence-corrected chi connectivity index (χ2v) is 4.29. The van der Waals surface area contributed by atoms with Crippen molar-refractivity contribution in [3.63, 3.8) is 0 Å². The average Bonchev–Trinajstić information content (AvgIpc) is 2.43. The summed E-state index contributed by atoms with van der Waals surface area (Å²) in [5.74, 6) is -2.95. The summed E-state index contributed by atoms with van der Waals surface area (Å²) in [6.07, 6.45) is -0.214. The largest absolute Gasteiger partial charge is 0.494 e. The molecule has 110 valence electrons. The number of hydrogen-bond donors (Lipinski definition) is 1. The molecule has 0 aromatic heterocycles. The van der Waals surface area contributed by atoms with E-state index in [1.54, 1.807) is 0 Å². The third-order valence-electron chi connectivity index (χ3n) is 2.81. The number of para-hydroxylation sites is 1. The normalized spacial score (nSPS) is 10.3. The average molecular weight is 295 g/mol. The van der Waals surface area contributed by atoms with Crippen LogP contribution in [0.2, 0.25) is 0 Å². The molecule has 0 aliphatic rings. The molecule has 2 rings (SSSR count). The van der Waals surface area contributed by atoms with Crippen molar-refractivity contribution in [3.8, 4) is 5.75 Å². The molecule has 1 amide bonds. The number of halogens is 3. The molecule has 0 radical (unpaired) electrons. The van der Waals surface area contributed by atoms with E-state index in [-0.39, 0.29) is 12.2 Å². The molecule has 3 nitrogen and oxygen atoms in total. The van der Waals surface area contributed by atoms with E-state index in [4.69, 9.17) is 4.74 Å². The lowest BCUT2D eigenvalue weighted by atomic mass is 10.1. The Morgan fingerprint density at radius 2 is 1.76 bits per heavy atom. The summed E-state index contributed by atoms with van der Waals surface area (Å²) in [6.45, 7) is 0. The topological polar surface area (TPSA) is 38.3 Å². The second-order valence-electron chi connectivity index (χ2n) is 4.29. The molecule has 0 fully saturated rings. The van der Waals surface area contributed by atoms with Crippen LogP contribution in [0, 0.1) is 17.5 Å². The van der Waals surface area contributed by atoms with E-state index in [1.807, 2.05) is 0 Å². The van der Waals surface area contributed by atoms with Crippen molar-refractivity contribution in [2.24, 2.45) is 0 Å². The van der Waals surface area contributed by atoms with Gasteiger partial charge in [0.1, 0.15) is 17.3 Å². The lowest BCUT2D eigenvalue weighted by molar-refractivity contribution is -0.115. The molecule has 0 unspecified atom stereocenters. The fourth-order valence-corrected chi connectivity index (χ4v) is 1.81. The number of hydrogen-bond acceptors (Lipinski definition) is 2. The first-order valence-corrected chi connectivity index (χ1v) is 6.07. The van der Waals surface area contributed by atoms with Crippen LogP contribution in [0.5, 0.6) is 5.75 Å². The molecule has 21 heavy (non-hydrogen) atoms. The minimum Gasteiger partial charge on any atom is -0.494 e. The van der Waals surface area contributed by atoms with E-state index in [1.165, 1.54) is 25.3 Å². The smallest absolute Gasteiger partial charge is 0.228 e. The number of nitrogens with one attached hydrogen (secondary N) is 1. The molecule has 0 heterocycles. The summed E-state index contributed by atoms with van der Waals surface area (Å²) in [5.41, 5.74) is -0.154. The second kappa shape index (κ2) is 6.30. The fourth-order valence-electron chi connectivity index (χ4n) is 1.81. The van der Waals surface area contributed by atoms with Gasteiger partial charge in [-0.3, -0.25) is 4.79 Å². The van der Waals surface area contributed by atoms with Crippen LogP contribution in [0.1, 0.15) is 5.56 Å². The quantitative estimate of drug-likeness (QED) is 0.940. The van der Waals surface area contributed by atoms with Crippen LogP contribution in [0.3, 0.4) is 0 Å². The molecule has 0 bridgehead atoms. The Labute approximate surface area is 119 Å². The summed E-state index contributed by atoms with van der Waals surface area (Å²) in [7, 11) is 1.33. The van der Waals surface area contributed by atoms with E-state index in [9.17, 15) is 18.0 Å². The van der Waals surface area contributed by atoms with Crippen molar-refractivity contribution < 1.29 is 22.7 Å². The Kier molecular flexibility index (Phi) is 4.47. The van der Waals surface area contributed by atoms with Crippen molar-refractivity contribution in [1.29, 1.82) is 0 Å². The van der Waals surface area contributed by atoms with Gasteiger partial charge in [-0.15, -0.1) is 0 Å². The van der Waals surface area contributed by atoms with Crippen LogP contribution in [0.4, 0.5) is 18.9 Å². The first-order valence-electron chi connectivity index (χ1n) is 6.07. The lowest BCUT2D eigenvalue weighted by Crippen LogP contribution is -2.16. The summed E-state index contributed by atoms with van der Waals surface area (Å²) < 4.78 is 45.0. The third kappa shape index (κ3) is 3.53. The summed E-state index contributed by atoms with van der Waals surface area (Å²) in [6, 6.07) is 7.27. The van der Waals surface area contributed by atoms with E-state index in [2.05, 4.69) is 5.32 Å². The highest BCUT2D eigenvalue weighted by atomic mass is 19.1. The van der Waals surface area contributed by atoms with E-state index in [0.717, 1.165) is 18.2 Å². The standard InChI is InChI=1S/C15H12F3NO2/c1-21-13-6-5-9(7-12(13)18)8-14(20)19-15-10(16)3-2-4-11(15)17/h2-7H,8H2,1H3,(H,19,20). The molecule has 0 saturated carbocycles. The molecule has 6 heteroatoms. The first kappa shape index (κ1) is 14.9. The van der Waals surface area contributed by atoms with Crippen molar-refractivity contribution in [2.75, 3.05) is 12.4 Å². The third-order valence-corrected chi connectivity index (χ3v) is 2.81. The maximum Gasteiger partial charge on any atom is 0.228 e. The van der Waals surface area contributed by atoms with Crippen molar-refractivity contribution in [3.05, 3.63) is 59.4 Å². The zero-order valence-electron chi connectivity index (χ0n) is 11.1. The minimum absolute atomic E-state index is 0.0549. The van der Waals surface area contributed by atoms with Crippen LogP contribution in [0.15, 0.2) is 36.4 Å². The molecule has 0 saturated heterocycles. The Morgan fingerprint density at radius 1 is 1.10 bits per heavy atom. The highest BCUT2D eigenvalue weighted by molar-refractivity contribution is 5.92. The molecule has 0 aliphatic heterocycles. The van der Waals surface area contributed by atoms with Crippen LogP contribution < -0.4 is 10.1 Å². The molecule has 1 N–H and O–H groups in total. The van der Waals surface area contributed by atoms with E-state index in [0.29, 0.717) is 5.56 Å². The Hall–Kier alpha value is -2.50. The van der Waals surface area contributed by atoms with Gasteiger partial charge in [0.25, 0.3) is 0 Å². The Morgan fingerprint density at radius 3 is 2.33 bits per heavy atom. The zero-order chi connectivity index (χ0) is 15.4. The van der Waals surface area contributed by atoms with E-state index >= 15 is 0 Å². The SMILES string of the molecule is COc1ccc(CC(=O)Nc2c(F)cccc2F)cc1F. The molecular formula is C15H12F3NO2. The zero-order valence-corrected chi connectivity index (χ0v) is 11.1. The number of benzene rings is 2. The van der Waals surface area contributed by atoms with Crippen molar-refractivity contribution in [1.82, 2.24) is 0 Å².